The molecule has 2 atom stereocenters. The van der Waals surface area contributed by atoms with Crippen molar-refractivity contribution in [3.63, 3.8) is 0 Å². The van der Waals surface area contributed by atoms with E-state index in [9.17, 15) is 14.4 Å². The van der Waals surface area contributed by atoms with Gasteiger partial charge in [-0.1, -0.05) is 59.7 Å². The number of carbonyl (C=O) groups is 3. The number of benzene rings is 2. The van der Waals surface area contributed by atoms with Crippen molar-refractivity contribution in [1.82, 2.24) is 10.6 Å². The van der Waals surface area contributed by atoms with Gasteiger partial charge in [0.05, 0.1) is 31.0 Å². The van der Waals surface area contributed by atoms with E-state index >= 15 is 0 Å². The minimum Gasteiger partial charge on any atom is -0.463 e. The molecule has 2 aromatic rings. The molecule has 0 bridgehead atoms. The fourth-order valence-electron chi connectivity index (χ4n) is 3.28. The summed E-state index contributed by atoms with van der Waals surface area (Å²) in [5, 5.41) is 5.54. The number of amides is 3. The van der Waals surface area contributed by atoms with Gasteiger partial charge in [-0.05, 0) is 38.8 Å². The van der Waals surface area contributed by atoms with Crippen LogP contribution in [0.4, 0.5) is 4.79 Å². The molecule has 7 nitrogen and oxygen atoms in total. The summed E-state index contributed by atoms with van der Waals surface area (Å²) in [6.45, 7) is 7.45. The molecule has 7 heteroatoms. The van der Waals surface area contributed by atoms with Crippen LogP contribution < -0.4 is 16.4 Å². The number of nitrogens with two attached hydrogens (primary N) is 1. The normalized spacial score (nSPS) is 12.7. The monoisotopic (exact) mass is 425 g/mol. The molecule has 0 radical (unpaired) electrons. The molecule has 0 saturated carbocycles. The molecular formula is C24H31N3O4. The molecule has 0 saturated heterocycles. The average molecular weight is 426 g/mol. The van der Waals surface area contributed by atoms with Crippen molar-refractivity contribution in [1.29, 1.82) is 0 Å². The van der Waals surface area contributed by atoms with Gasteiger partial charge in [-0.2, -0.15) is 0 Å². The highest BCUT2D eigenvalue weighted by molar-refractivity contribution is 5.80. The molecule has 0 fully saturated rings. The van der Waals surface area contributed by atoms with Gasteiger partial charge in [-0.15, -0.1) is 0 Å². The number of esters is 1. The van der Waals surface area contributed by atoms with Crippen molar-refractivity contribution in [2.45, 2.75) is 58.7 Å². The Morgan fingerprint density at radius 2 is 1.52 bits per heavy atom. The number of nitrogens with one attached hydrogen (secondary N) is 2. The van der Waals surface area contributed by atoms with E-state index in [2.05, 4.69) is 10.6 Å². The first kappa shape index (κ1) is 23.9. The minimum atomic E-state index is -0.713. The Morgan fingerprint density at radius 1 is 0.871 bits per heavy atom. The highest BCUT2D eigenvalue weighted by Gasteiger charge is 2.23. The Bertz CT molecular complexity index is 909. The van der Waals surface area contributed by atoms with Crippen LogP contribution in [0.2, 0.25) is 0 Å². The van der Waals surface area contributed by atoms with Crippen LogP contribution in [0, 0.1) is 13.8 Å². The Hall–Kier alpha value is -3.35. The highest BCUT2D eigenvalue weighted by Crippen LogP contribution is 2.22. The first-order chi connectivity index (χ1) is 14.6. The average Bonchev–Trinajstić information content (AvgIpc) is 2.66. The highest BCUT2D eigenvalue weighted by atomic mass is 16.5. The molecule has 3 amide bonds. The Labute approximate surface area is 183 Å². The fraction of sp³-hybridized carbons (Fsp3) is 0.375. The zero-order valence-electron chi connectivity index (χ0n) is 18.5. The summed E-state index contributed by atoms with van der Waals surface area (Å²) < 4.78 is 5.26. The molecule has 0 aliphatic carbocycles. The number of hydrogen-bond donors (Lipinski definition) is 3. The molecule has 0 spiro atoms. The van der Waals surface area contributed by atoms with E-state index in [0.29, 0.717) is 0 Å². The number of rotatable bonds is 9. The quantitative estimate of drug-likeness (QED) is 0.533. The van der Waals surface area contributed by atoms with Crippen molar-refractivity contribution in [3.05, 3.63) is 70.8 Å². The molecule has 4 N–H and O–H groups in total. The van der Waals surface area contributed by atoms with Gasteiger partial charge in [-0.3, -0.25) is 9.59 Å². The van der Waals surface area contributed by atoms with Crippen molar-refractivity contribution >= 4 is 17.9 Å². The van der Waals surface area contributed by atoms with Crippen molar-refractivity contribution in [2.24, 2.45) is 5.73 Å². The van der Waals surface area contributed by atoms with Crippen LogP contribution in [0.3, 0.4) is 0 Å². The van der Waals surface area contributed by atoms with Gasteiger partial charge in [0.25, 0.3) is 0 Å². The second-order valence-corrected chi connectivity index (χ2v) is 7.95. The third kappa shape index (κ3) is 8.12. The van der Waals surface area contributed by atoms with Crippen LogP contribution in [-0.4, -0.2) is 24.0 Å². The predicted molar refractivity (Wildman–Crippen MR) is 119 cm³/mol. The summed E-state index contributed by atoms with van der Waals surface area (Å²) in [5.74, 6) is -0.713. The molecule has 0 aromatic heterocycles. The molecule has 2 rings (SSSR count). The summed E-state index contributed by atoms with van der Waals surface area (Å²) in [5.41, 5.74) is 8.97. The lowest BCUT2D eigenvalue weighted by atomic mass is 9.99. The molecule has 31 heavy (non-hydrogen) atoms. The topological polar surface area (TPSA) is 111 Å². The van der Waals surface area contributed by atoms with Crippen molar-refractivity contribution in [2.75, 3.05) is 0 Å². The molecule has 0 aliphatic rings. The first-order valence-corrected chi connectivity index (χ1v) is 10.3. The second kappa shape index (κ2) is 11.2. The molecular weight excluding hydrogens is 394 g/mol. The van der Waals surface area contributed by atoms with E-state index in [4.69, 9.17) is 10.5 Å². The second-order valence-electron chi connectivity index (χ2n) is 7.95. The van der Waals surface area contributed by atoms with Gasteiger partial charge in [0.15, 0.2) is 0 Å². The van der Waals surface area contributed by atoms with Gasteiger partial charge in [0.2, 0.25) is 5.91 Å². The molecule has 166 valence electrons. The van der Waals surface area contributed by atoms with Gasteiger partial charge >= 0.3 is 12.0 Å². The van der Waals surface area contributed by atoms with E-state index in [0.717, 1.165) is 22.3 Å². The summed E-state index contributed by atoms with van der Waals surface area (Å²) in [6, 6.07) is 13.3. The Morgan fingerprint density at radius 3 is 2.10 bits per heavy atom. The SMILES string of the molecule is Cc1ccc([C@@H](CC(=O)OC(C)C)NC(=O)C[C@H](NC(N)=O)c2cccc(C)c2)cc1. The maximum absolute atomic E-state index is 12.9. The van der Waals surface area contributed by atoms with E-state index in [1.165, 1.54) is 0 Å². The zero-order chi connectivity index (χ0) is 23.0. The van der Waals surface area contributed by atoms with Crippen LogP contribution in [0.1, 0.15) is 61.0 Å². The minimum absolute atomic E-state index is 0.00530. The predicted octanol–water partition coefficient (Wildman–Crippen LogP) is 3.60. The van der Waals surface area contributed by atoms with Crippen molar-refractivity contribution < 1.29 is 19.1 Å². The van der Waals surface area contributed by atoms with Gasteiger partial charge in [0, 0.05) is 0 Å². The number of carbonyl (C=O) groups excluding carboxylic acids is 3. The van der Waals surface area contributed by atoms with Gasteiger partial charge in [-0.25, -0.2) is 4.79 Å². The summed E-state index contributed by atoms with van der Waals surface area (Å²) in [6.07, 6.45) is -0.258. The van der Waals surface area contributed by atoms with E-state index in [-0.39, 0.29) is 24.9 Å². The van der Waals surface area contributed by atoms with Crippen LogP contribution in [-0.2, 0) is 14.3 Å². The van der Waals surface area contributed by atoms with Gasteiger partial charge in [0.1, 0.15) is 0 Å². The fourth-order valence-corrected chi connectivity index (χ4v) is 3.28. The van der Waals surface area contributed by atoms with Crippen LogP contribution in [0.5, 0.6) is 0 Å². The summed E-state index contributed by atoms with van der Waals surface area (Å²) >= 11 is 0. The third-order valence-corrected chi connectivity index (χ3v) is 4.70. The number of urea groups is 1. The van der Waals surface area contributed by atoms with Crippen LogP contribution in [0.15, 0.2) is 48.5 Å². The Kier molecular flexibility index (Phi) is 8.61. The van der Waals surface area contributed by atoms with Crippen LogP contribution in [0.25, 0.3) is 0 Å². The summed E-state index contributed by atoms with van der Waals surface area (Å²) in [7, 11) is 0. The number of primary amides is 1. The smallest absolute Gasteiger partial charge is 0.312 e. The lowest BCUT2D eigenvalue weighted by Gasteiger charge is -2.22. The molecule has 0 heterocycles. The lowest BCUT2D eigenvalue weighted by molar-refractivity contribution is -0.148. The molecule has 0 unspecified atom stereocenters. The van der Waals surface area contributed by atoms with E-state index < -0.39 is 24.1 Å². The zero-order valence-corrected chi connectivity index (χ0v) is 18.5. The number of ether oxygens (including phenoxy) is 1. The summed E-state index contributed by atoms with van der Waals surface area (Å²) in [4.78, 5) is 36.6. The van der Waals surface area contributed by atoms with Crippen molar-refractivity contribution in [3.8, 4) is 0 Å². The number of hydrogen-bond acceptors (Lipinski definition) is 4. The molecule has 0 aliphatic heterocycles. The third-order valence-electron chi connectivity index (χ3n) is 4.70. The van der Waals surface area contributed by atoms with Gasteiger partial charge < -0.3 is 21.1 Å². The largest absolute Gasteiger partial charge is 0.463 e. The lowest BCUT2D eigenvalue weighted by Crippen LogP contribution is -2.38. The standard InChI is InChI=1S/C24H31N3O4/c1-15(2)31-23(29)14-21(18-10-8-16(3)9-11-18)26-22(28)13-20(27-24(25)30)19-7-5-6-17(4)12-19/h5-12,15,20-21H,13-14H2,1-4H3,(H,26,28)(H3,25,27,30)/t20-,21+/m0/s1. The van der Waals surface area contributed by atoms with Crippen LogP contribution >= 0.6 is 0 Å². The van der Waals surface area contributed by atoms with E-state index in [1.807, 2.05) is 62.4 Å². The molecule has 2 aromatic carbocycles. The Balaban J connectivity index is 2.18. The maximum Gasteiger partial charge on any atom is 0.312 e. The maximum atomic E-state index is 12.9. The first-order valence-electron chi connectivity index (χ1n) is 10.3. The van der Waals surface area contributed by atoms with E-state index in [1.54, 1.807) is 13.8 Å². The number of aryl methyl sites for hydroxylation is 2.